The van der Waals surface area contributed by atoms with Gasteiger partial charge in [0.05, 0.1) is 0 Å². The minimum Gasteiger partial charge on any atom is -0.304 e. The Morgan fingerprint density at radius 1 is 1.39 bits per heavy atom. The summed E-state index contributed by atoms with van der Waals surface area (Å²) in [6.45, 7) is 2.04. The molecule has 0 spiro atoms. The second-order valence-corrected chi connectivity index (χ2v) is 7.03. The van der Waals surface area contributed by atoms with Crippen LogP contribution in [0, 0.1) is 0 Å². The van der Waals surface area contributed by atoms with Gasteiger partial charge in [0, 0.05) is 42.8 Å². The molecule has 8 heteroatoms. The molecule has 1 amide bonds. The number of fused-ring (bicyclic) bond motifs is 1. The Labute approximate surface area is 162 Å². The van der Waals surface area contributed by atoms with Crippen LogP contribution >= 0.6 is 0 Å². The minimum atomic E-state index is -0.591. The number of carbonyl (C=O) groups excluding carboxylic acids is 1. The van der Waals surface area contributed by atoms with E-state index in [9.17, 15) is 4.79 Å². The normalized spacial score (nSPS) is 18.0. The number of nitrogens with one attached hydrogen (secondary N) is 1. The van der Waals surface area contributed by atoms with Gasteiger partial charge in [0.25, 0.3) is 5.91 Å². The van der Waals surface area contributed by atoms with E-state index in [4.69, 9.17) is 10.2 Å². The number of likely N-dealkylation sites (tertiary alicyclic amines) is 1. The largest absolute Gasteiger partial charge is 0.304 e. The van der Waals surface area contributed by atoms with Crippen molar-refractivity contribution in [2.45, 2.75) is 18.9 Å². The number of hydrogen-bond acceptors (Lipinski definition) is 6. The first-order valence-corrected chi connectivity index (χ1v) is 9.25. The van der Waals surface area contributed by atoms with Crippen molar-refractivity contribution in [1.82, 2.24) is 29.9 Å². The van der Waals surface area contributed by atoms with E-state index < -0.39 is 5.91 Å². The summed E-state index contributed by atoms with van der Waals surface area (Å²) in [5, 5.41) is 8.64. The van der Waals surface area contributed by atoms with Crippen molar-refractivity contribution >= 4 is 23.1 Å². The molecular formula is C20H22N6O2. The molecule has 28 heavy (non-hydrogen) atoms. The molecule has 8 nitrogen and oxygen atoms in total. The van der Waals surface area contributed by atoms with Crippen LogP contribution in [-0.4, -0.2) is 55.7 Å². The number of piperidine rings is 1. The second kappa shape index (κ2) is 7.87. The number of hydrogen-bond donors (Lipinski definition) is 2. The standard InChI is InChI=1S/C20H22N6O2/c1-25-9-3-4-16(13-25)26-19(23-17-5-2-8-22-20(17)26)15-10-14(11-21-12-15)6-7-18(27)24-28/h2,5-8,10-12,16,28H,3-4,9,13H2,1H3,(H,24,27)/t16-/m1/s1. The van der Waals surface area contributed by atoms with Gasteiger partial charge in [-0.2, -0.15) is 0 Å². The molecule has 3 aromatic heterocycles. The zero-order chi connectivity index (χ0) is 19.5. The van der Waals surface area contributed by atoms with Crippen LogP contribution in [0.15, 0.2) is 42.9 Å². The smallest absolute Gasteiger partial charge is 0.267 e. The van der Waals surface area contributed by atoms with Crippen LogP contribution in [0.1, 0.15) is 24.4 Å². The molecule has 144 valence electrons. The van der Waals surface area contributed by atoms with Gasteiger partial charge in [-0.25, -0.2) is 15.4 Å². The molecule has 0 aromatic carbocycles. The van der Waals surface area contributed by atoms with E-state index in [0.29, 0.717) is 0 Å². The van der Waals surface area contributed by atoms with Gasteiger partial charge in [-0.1, -0.05) is 0 Å². The number of aromatic nitrogens is 4. The van der Waals surface area contributed by atoms with Gasteiger partial charge in [-0.3, -0.25) is 15.0 Å². The molecule has 0 aliphatic carbocycles. The first kappa shape index (κ1) is 18.3. The fourth-order valence-corrected chi connectivity index (χ4v) is 3.71. The zero-order valence-corrected chi connectivity index (χ0v) is 15.6. The van der Waals surface area contributed by atoms with E-state index in [1.807, 2.05) is 18.2 Å². The van der Waals surface area contributed by atoms with Gasteiger partial charge in [0.2, 0.25) is 0 Å². The molecule has 1 aliphatic heterocycles. The van der Waals surface area contributed by atoms with Crippen molar-refractivity contribution in [3.63, 3.8) is 0 Å². The summed E-state index contributed by atoms with van der Waals surface area (Å²) in [4.78, 5) is 27.3. The molecule has 1 saturated heterocycles. The molecule has 0 saturated carbocycles. The third-order valence-electron chi connectivity index (χ3n) is 4.97. The van der Waals surface area contributed by atoms with Crippen molar-refractivity contribution in [1.29, 1.82) is 0 Å². The first-order valence-electron chi connectivity index (χ1n) is 9.25. The van der Waals surface area contributed by atoms with Crippen molar-refractivity contribution < 1.29 is 10.0 Å². The highest BCUT2D eigenvalue weighted by atomic mass is 16.5. The average molecular weight is 378 g/mol. The zero-order valence-electron chi connectivity index (χ0n) is 15.6. The van der Waals surface area contributed by atoms with Crippen molar-refractivity contribution in [3.8, 4) is 11.4 Å². The lowest BCUT2D eigenvalue weighted by Crippen LogP contribution is -2.33. The van der Waals surface area contributed by atoms with Crippen LogP contribution in [0.2, 0.25) is 0 Å². The molecule has 3 aromatic rings. The highest BCUT2D eigenvalue weighted by Crippen LogP contribution is 2.31. The Kier molecular flexibility index (Phi) is 5.14. The number of likely N-dealkylation sites (N-methyl/N-ethyl adjacent to an activating group) is 1. The summed E-state index contributed by atoms with van der Waals surface area (Å²) in [6, 6.07) is 6.07. The number of nitrogens with zero attached hydrogens (tertiary/aromatic N) is 5. The van der Waals surface area contributed by atoms with Crippen LogP contribution in [0.4, 0.5) is 0 Å². The summed E-state index contributed by atoms with van der Waals surface area (Å²) < 4.78 is 2.22. The predicted molar refractivity (Wildman–Crippen MR) is 105 cm³/mol. The van der Waals surface area contributed by atoms with E-state index in [0.717, 1.165) is 54.0 Å². The quantitative estimate of drug-likeness (QED) is 0.411. The van der Waals surface area contributed by atoms with Crippen LogP contribution in [0.3, 0.4) is 0 Å². The summed E-state index contributed by atoms with van der Waals surface area (Å²) in [6.07, 6.45) is 10.3. The average Bonchev–Trinajstić information content (AvgIpc) is 3.12. The Hall–Kier alpha value is -3.10. The van der Waals surface area contributed by atoms with Crippen LogP contribution < -0.4 is 5.48 Å². The van der Waals surface area contributed by atoms with E-state index in [-0.39, 0.29) is 6.04 Å². The van der Waals surface area contributed by atoms with Gasteiger partial charge >= 0.3 is 0 Å². The summed E-state index contributed by atoms with van der Waals surface area (Å²) in [5.74, 6) is 0.232. The maximum absolute atomic E-state index is 11.3. The van der Waals surface area contributed by atoms with Gasteiger partial charge in [0.15, 0.2) is 5.65 Å². The molecular weight excluding hydrogens is 356 g/mol. The highest BCUT2D eigenvalue weighted by Gasteiger charge is 2.25. The fraction of sp³-hybridized carbons (Fsp3) is 0.300. The van der Waals surface area contributed by atoms with Crippen molar-refractivity contribution in [3.05, 3.63) is 48.4 Å². The number of carbonyl (C=O) groups is 1. The minimum absolute atomic E-state index is 0.285. The molecule has 1 fully saturated rings. The number of pyridine rings is 2. The van der Waals surface area contributed by atoms with Crippen molar-refractivity contribution in [2.24, 2.45) is 0 Å². The maximum Gasteiger partial charge on any atom is 0.267 e. The lowest BCUT2D eigenvalue weighted by atomic mass is 10.1. The van der Waals surface area contributed by atoms with Gasteiger partial charge in [0.1, 0.15) is 11.3 Å². The Bertz CT molecular complexity index is 1030. The summed E-state index contributed by atoms with van der Waals surface area (Å²) in [7, 11) is 2.14. The molecule has 4 heterocycles. The first-order chi connectivity index (χ1) is 13.7. The molecule has 0 bridgehead atoms. The molecule has 4 rings (SSSR count). The van der Waals surface area contributed by atoms with E-state index >= 15 is 0 Å². The number of amides is 1. The lowest BCUT2D eigenvalue weighted by molar-refractivity contribution is -0.124. The molecule has 1 atom stereocenters. The molecule has 1 aliphatic rings. The van der Waals surface area contributed by atoms with Crippen LogP contribution in [0.25, 0.3) is 28.6 Å². The Morgan fingerprint density at radius 2 is 2.29 bits per heavy atom. The van der Waals surface area contributed by atoms with Crippen molar-refractivity contribution in [2.75, 3.05) is 20.1 Å². The third kappa shape index (κ3) is 3.64. The molecule has 0 radical (unpaired) electrons. The van der Waals surface area contributed by atoms with Crippen LogP contribution in [0.5, 0.6) is 0 Å². The summed E-state index contributed by atoms with van der Waals surface area (Å²) >= 11 is 0. The number of hydroxylamine groups is 1. The molecule has 2 N–H and O–H groups in total. The lowest BCUT2D eigenvalue weighted by Gasteiger charge is -2.31. The fourth-order valence-electron chi connectivity index (χ4n) is 3.71. The van der Waals surface area contributed by atoms with Crippen LogP contribution in [-0.2, 0) is 4.79 Å². The summed E-state index contributed by atoms with van der Waals surface area (Å²) in [5.41, 5.74) is 4.91. The van der Waals surface area contributed by atoms with Gasteiger partial charge < -0.3 is 9.47 Å². The Balaban J connectivity index is 1.79. The van der Waals surface area contributed by atoms with E-state index in [1.54, 1.807) is 30.1 Å². The van der Waals surface area contributed by atoms with Gasteiger partial charge in [-0.05, 0) is 56.3 Å². The Morgan fingerprint density at radius 3 is 3.11 bits per heavy atom. The van der Waals surface area contributed by atoms with Gasteiger partial charge in [-0.15, -0.1) is 0 Å². The molecule has 0 unspecified atom stereocenters. The SMILES string of the molecule is CN1CCC[C@@H](n2c(-c3cncc(C=CC(=O)NO)c3)nc3cccnc32)C1. The van der Waals surface area contributed by atoms with E-state index in [1.165, 1.54) is 6.08 Å². The number of imidazole rings is 1. The highest BCUT2D eigenvalue weighted by molar-refractivity contribution is 5.91. The van der Waals surface area contributed by atoms with E-state index in [2.05, 4.69) is 26.5 Å². The second-order valence-electron chi connectivity index (χ2n) is 7.03. The third-order valence-corrected chi connectivity index (χ3v) is 4.97. The topological polar surface area (TPSA) is 96.2 Å². The predicted octanol–water partition coefficient (Wildman–Crippen LogP) is 2.28. The monoisotopic (exact) mass is 378 g/mol. The number of rotatable bonds is 4. The maximum atomic E-state index is 11.3.